The molecule has 0 saturated heterocycles. The summed E-state index contributed by atoms with van der Waals surface area (Å²) in [5.41, 5.74) is 6.41. The van der Waals surface area contributed by atoms with Gasteiger partial charge in [-0.3, -0.25) is 4.79 Å². The van der Waals surface area contributed by atoms with Gasteiger partial charge in [-0.15, -0.1) is 11.3 Å². The number of hydrogen-bond acceptors (Lipinski definition) is 6. The number of unbranched alkanes of at least 4 members (excludes halogenated alkanes) is 5. The van der Waals surface area contributed by atoms with E-state index in [1.807, 2.05) is 47.8 Å². The predicted molar refractivity (Wildman–Crippen MR) is 168 cm³/mol. The first-order valence-corrected chi connectivity index (χ1v) is 15.0. The molecular formula is C31H32Cl2N4O2S. The van der Waals surface area contributed by atoms with Gasteiger partial charge in [0.1, 0.15) is 0 Å². The third-order valence-electron chi connectivity index (χ3n) is 6.12. The van der Waals surface area contributed by atoms with Crippen LogP contribution in [0, 0.1) is 0 Å². The number of halogens is 2. The zero-order chi connectivity index (χ0) is 28.2. The summed E-state index contributed by atoms with van der Waals surface area (Å²) in [6.45, 7) is 2.78. The Morgan fingerprint density at radius 3 is 2.40 bits per heavy atom. The van der Waals surface area contributed by atoms with Crippen LogP contribution in [0.5, 0.6) is 5.75 Å². The number of amides is 1. The van der Waals surface area contributed by atoms with Gasteiger partial charge in [0, 0.05) is 22.2 Å². The van der Waals surface area contributed by atoms with Gasteiger partial charge in [0.15, 0.2) is 10.9 Å². The van der Waals surface area contributed by atoms with E-state index in [2.05, 4.69) is 27.8 Å². The lowest BCUT2D eigenvalue weighted by Crippen LogP contribution is -2.17. The quantitative estimate of drug-likeness (QED) is 0.0865. The first-order valence-electron chi connectivity index (χ1n) is 13.4. The molecule has 0 saturated carbocycles. The average Bonchev–Trinajstić information content (AvgIpc) is 3.43. The molecule has 0 aliphatic carbocycles. The van der Waals surface area contributed by atoms with Crippen molar-refractivity contribution in [3.8, 4) is 17.0 Å². The van der Waals surface area contributed by atoms with Crippen LogP contribution in [0.25, 0.3) is 11.3 Å². The van der Waals surface area contributed by atoms with Crippen LogP contribution >= 0.6 is 34.5 Å². The standard InChI is InChI=1S/C31H32Cl2N4O2S/c1-2-3-4-5-6-10-17-39-29-26(32)18-22(19-27(29)33)20-34-37-30(38)24-15-13-23(14-16-24)28-21-40-31(36-28)35-25-11-8-7-9-12-25/h7-9,11-16,18-21H,2-6,10,17H2,1H3,(H,35,36)(H,37,38)/b34-20+. The van der Waals surface area contributed by atoms with Crippen molar-refractivity contribution in [2.45, 2.75) is 45.4 Å². The molecule has 0 unspecified atom stereocenters. The van der Waals surface area contributed by atoms with E-state index in [0.717, 1.165) is 34.9 Å². The van der Waals surface area contributed by atoms with Gasteiger partial charge in [-0.1, -0.05) is 92.6 Å². The molecule has 4 rings (SSSR count). The Morgan fingerprint density at radius 2 is 1.68 bits per heavy atom. The molecule has 0 bridgehead atoms. The van der Waals surface area contributed by atoms with E-state index in [-0.39, 0.29) is 5.91 Å². The fraction of sp³-hybridized carbons (Fsp3) is 0.258. The Hall–Kier alpha value is -3.39. The zero-order valence-corrected chi connectivity index (χ0v) is 24.7. The van der Waals surface area contributed by atoms with Crippen molar-refractivity contribution in [3.05, 3.63) is 93.3 Å². The van der Waals surface area contributed by atoms with Gasteiger partial charge in [0.2, 0.25) is 0 Å². The molecule has 1 heterocycles. The molecule has 1 aromatic heterocycles. The molecule has 1 amide bonds. The van der Waals surface area contributed by atoms with Crippen molar-refractivity contribution in [1.29, 1.82) is 0 Å². The topological polar surface area (TPSA) is 75.6 Å². The van der Waals surface area contributed by atoms with E-state index in [0.29, 0.717) is 33.5 Å². The Balaban J connectivity index is 1.27. The Bertz CT molecular complexity index is 1390. The number of hydrogen-bond donors (Lipinski definition) is 2. The molecule has 3 aromatic carbocycles. The van der Waals surface area contributed by atoms with Crippen LogP contribution in [0.3, 0.4) is 0 Å². The summed E-state index contributed by atoms with van der Waals surface area (Å²) in [6.07, 6.45) is 8.56. The molecule has 0 atom stereocenters. The highest BCUT2D eigenvalue weighted by atomic mass is 35.5. The summed E-state index contributed by atoms with van der Waals surface area (Å²) in [7, 11) is 0. The van der Waals surface area contributed by atoms with Gasteiger partial charge in [0.25, 0.3) is 5.91 Å². The van der Waals surface area contributed by atoms with Crippen LogP contribution in [0.4, 0.5) is 10.8 Å². The number of nitrogens with zero attached hydrogens (tertiary/aromatic N) is 2. The molecule has 6 nitrogen and oxygen atoms in total. The maximum atomic E-state index is 12.6. The highest BCUT2D eigenvalue weighted by molar-refractivity contribution is 7.14. The number of hydrazone groups is 1. The second-order valence-corrected chi connectivity index (χ2v) is 10.9. The van der Waals surface area contributed by atoms with E-state index in [1.54, 1.807) is 24.3 Å². The molecule has 2 N–H and O–H groups in total. The van der Waals surface area contributed by atoms with Gasteiger partial charge in [0.05, 0.1) is 28.6 Å². The zero-order valence-electron chi connectivity index (χ0n) is 22.3. The van der Waals surface area contributed by atoms with Crippen molar-refractivity contribution < 1.29 is 9.53 Å². The van der Waals surface area contributed by atoms with Crippen LogP contribution in [-0.2, 0) is 0 Å². The number of rotatable bonds is 14. The van der Waals surface area contributed by atoms with E-state index < -0.39 is 0 Å². The highest BCUT2D eigenvalue weighted by Gasteiger charge is 2.11. The van der Waals surface area contributed by atoms with Gasteiger partial charge >= 0.3 is 0 Å². The monoisotopic (exact) mass is 594 g/mol. The molecule has 0 aliphatic heterocycles. The third kappa shape index (κ3) is 8.81. The van der Waals surface area contributed by atoms with Crippen molar-refractivity contribution in [2.24, 2.45) is 5.10 Å². The molecule has 4 aromatic rings. The Labute approximate surface area is 249 Å². The van der Waals surface area contributed by atoms with Gasteiger partial charge in [-0.25, -0.2) is 10.4 Å². The summed E-state index contributed by atoms with van der Waals surface area (Å²) in [5.74, 6) is 0.143. The van der Waals surface area contributed by atoms with Gasteiger partial charge < -0.3 is 10.1 Å². The lowest BCUT2D eigenvalue weighted by molar-refractivity contribution is 0.0955. The van der Waals surface area contributed by atoms with Crippen LogP contribution in [0.2, 0.25) is 10.0 Å². The Kier molecular flexibility index (Phi) is 11.4. The summed E-state index contributed by atoms with van der Waals surface area (Å²) >= 11 is 14.3. The third-order valence-corrected chi connectivity index (χ3v) is 7.44. The predicted octanol–water partition coefficient (Wildman–Crippen LogP) is 9.36. The first kappa shape index (κ1) is 29.6. The molecule has 9 heteroatoms. The SMILES string of the molecule is CCCCCCCCOc1c(Cl)cc(/C=N/NC(=O)c2ccc(-c3csc(Nc4ccccc4)n3)cc2)cc1Cl. The first-order chi connectivity index (χ1) is 19.5. The lowest BCUT2D eigenvalue weighted by Gasteiger charge is -2.11. The van der Waals surface area contributed by atoms with E-state index in [4.69, 9.17) is 27.9 Å². The molecule has 0 radical (unpaired) electrons. The fourth-order valence-electron chi connectivity index (χ4n) is 3.98. The largest absolute Gasteiger partial charge is 0.490 e. The Morgan fingerprint density at radius 1 is 0.975 bits per heavy atom. The minimum atomic E-state index is -0.330. The van der Waals surface area contributed by atoms with Gasteiger partial charge in [-0.2, -0.15) is 5.10 Å². The summed E-state index contributed by atoms with van der Waals surface area (Å²) in [4.78, 5) is 17.2. The molecule has 0 fully saturated rings. The van der Waals surface area contributed by atoms with Crippen LogP contribution < -0.4 is 15.5 Å². The van der Waals surface area contributed by atoms with Crippen molar-refractivity contribution >= 4 is 57.5 Å². The molecule has 208 valence electrons. The summed E-state index contributed by atoms with van der Waals surface area (Å²) < 4.78 is 5.81. The number of para-hydroxylation sites is 1. The van der Waals surface area contributed by atoms with Crippen LogP contribution in [0.1, 0.15) is 61.4 Å². The fourth-order valence-corrected chi connectivity index (χ4v) is 5.33. The van der Waals surface area contributed by atoms with Crippen molar-refractivity contribution in [2.75, 3.05) is 11.9 Å². The second-order valence-electron chi connectivity index (χ2n) is 9.24. The summed E-state index contributed by atoms with van der Waals surface area (Å²) in [5, 5.41) is 11.0. The van der Waals surface area contributed by atoms with Crippen molar-refractivity contribution in [1.82, 2.24) is 10.4 Å². The number of ether oxygens (including phenoxy) is 1. The normalized spacial score (nSPS) is 11.1. The van der Waals surface area contributed by atoms with Gasteiger partial charge in [-0.05, 0) is 48.4 Å². The van der Waals surface area contributed by atoms with E-state index in [9.17, 15) is 4.79 Å². The minimum absolute atomic E-state index is 0.330. The van der Waals surface area contributed by atoms with Crippen LogP contribution in [0.15, 0.2) is 77.2 Å². The number of thiazole rings is 1. The second kappa shape index (κ2) is 15.4. The number of carbonyl (C=O) groups is 1. The molecule has 0 spiro atoms. The number of aromatic nitrogens is 1. The lowest BCUT2D eigenvalue weighted by atomic mass is 10.1. The number of benzene rings is 3. The molecule has 0 aliphatic rings. The van der Waals surface area contributed by atoms with Crippen LogP contribution in [-0.4, -0.2) is 23.7 Å². The number of nitrogens with one attached hydrogen (secondary N) is 2. The smallest absolute Gasteiger partial charge is 0.271 e. The average molecular weight is 596 g/mol. The maximum absolute atomic E-state index is 12.6. The minimum Gasteiger partial charge on any atom is -0.490 e. The maximum Gasteiger partial charge on any atom is 0.271 e. The van der Waals surface area contributed by atoms with Crippen molar-refractivity contribution in [3.63, 3.8) is 0 Å². The molecular weight excluding hydrogens is 563 g/mol. The van der Waals surface area contributed by atoms with E-state index >= 15 is 0 Å². The number of anilines is 2. The summed E-state index contributed by atoms with van der Waals surface area (Å²) in [6, 6.07) is 20.5. The number of carbonyl (C=O) groups excluding carboxylic acids is 1. The molecule has 40 heavy (non-hydrogen) atoms. The highest BCUT2D eigenvalue weighted by Crippen LogP contribution is 2.34. The van der Waals surface area contributed by atoms with E-state index in [1.165, 1.54) is 43.2 Å².